The second kappa shape index (κ2) is 11.3. The van der Waals surface area contributed by atoms with Crippen LogP contribution in [0.1, 0.15) is 18.1 Å². The number of ether oxygens (including phenoxy) is 3. The fraction of sp³-hybridized carbons (Fsp3) is 0.167. The molecule has 0 aromatic heterocycles. The quantitative estimate of drug-likeness (QED) is 0.384. The van der Waals surface area contributed by atoms with Crippen LogP contribution in [0.2, 0.25) is 0 Å². The summed E-state index contributed by atoms with van der Waals surface area (Å²) in [5, 5.41) is 13.6. The Morgan fingerprint density at radius 3 is 2.39 bits per heavy atom. The van der Waals surface area contributed by atoms with Crippen LogP contribution in [0, 0.1) is 0 Å². The van der Waals surface area contributed by atoms with Crippen LogP contribution in [-0.2, 0) is 11.4 Å². The van der Waals surface area contributed by atoms with Gasteiger partial charge in [0.05, 0.1) is 12.8 Å². The van der Waals surface area contributed by atoms with E-state index in [4.69, 9.17) is 14.2 Å². The summed E-state index contributed by atoms with van der Waals surface area (Å²) in [7, 11) is 0. The summed E-state index contributed by atoms with van der Waals surface area (Å²) >= 11 is 0. The van der Waals surface area contributed by atoms with Crippen molar-refractivity contribution in [2.75, 3.05) is 13.2 Å². The molecule has 1 amide bonds. The zero-order valence-corrected chi connectivity index (χ0v) is 17.2. The van der Waals surface area contributed by atoms with Gasteiger partial charge in [0.1, 0.15) is 18.1 Å². The van der Waals surface area contributed by atoms with Gasteiger partial charge in [-0.15, -0.1) is 0 Å². The van der Waals surface area contributed by atoms with Crippen LogP contribution >= 0.6 is 0 Å². The minimum absolute atomic E-state index is 0.0490. The topological polar surface area (TPSA) is 89.4 Å². The summed E-state index contributed by atoms with van der Waals surface area (Å²) in [6.45, 7) is 2.56. The van der Waals surface area contributed by atoms with Crippen LogP contribution in [0.15, 0.2) is 77.9 Å². The fourth-order valence-corrected chi connectivity index (χ4v) is 2.62. The highest BCUT2D eigenvalue weighted by molar-refractivity contribution is 5.83. The Kier molecular flexibility index (Phi) is 7.88. The number of rotatable bonds is 10. The predicted molar refractivity (Wildman–Crippen MR) is 118 cm³/mol. The van der Waals surface area contributed by atoms with E-state index < -0.39 is 5.91 Å². The molecule has 160 valence electrons. The van der Waals surface area contributed by atoms with Gasteiger partial charge < -0.3 is 19.3 Å². The molecule has 0 fully saturated rings. The highest BCUT2D eigenvalue weighted by atomic mass is 16.5. The van der Waals surface area contributed by atoms with E-state index in [-0.39, 0.29) is 12.4 Å². The molecule has 0 saturated carbocycles. The average molecular weight is 420 g/mol. The maximum Gasteiger partial charge on any atom is 0.277 e. The Labute approximate surface area is 180 Å². The van der Waals surface area contributed by atoms with Gasteiger partial charge in [0, 0.05) is 0 Å². The van der Waals surface area contributed by atoms with Gasteiger partial charge in [-0.25, -0.2) is 5.43 Å². The Bertz CT molecular complexity index is 1000. The molecule has 3 rings (SSSR count). The van der Waals surface area contributed by atoms with Crippen LogP contribution in [-0.4, -0.2) is 30.4 Å². The maximum absolute atomic E-state index is 11.9. The second-order valence-corrected chi connectivity index (χ2v) is 6.49. The van der Waals surface area contributed by atoms with E-state index in [1.165, 1.54) is 12.3 Å². The number of carbonyl (C=O) groups excluding carboxylic acids is 1. The summed E-state index contributed by atoms with van der Waals surface area (Å²) in [5.41, 5.74) is 4.15. The first-order chi connectivity index (χ1) is 15.1. The number of hydrogen-bond acceptors (Lipinski definition) is 6. The molecular formula is C24H24N2O5. The zero-order valence-electron chi connectivity index (χ0n) is 17.2. The van der Waals surface area contributed by atoms with E-state index in [1.54, 1.807) is 36.4 Å². The van der Waals surface area contributed by atoms with Crippen molar-refractivity contribution < 1.29 is 24.1 Å². The third kappa shape index (κ3) is 7.08. The van der Waals surface area contributed by atoms with Gasteiger partial charge >= 0.3 is 0 Å². The molecule has 0 aliphatic rings. The van der Waals surface area contributed by atoms with Crippen molar-refractivity contribution in [1.82, 2.24) is 5.43 Å². The number of benzene rings is 3. The first-order valence-electron chi connectivity index (χ1n) is 9.81. The molecule has 0 atom stereocenters. The van der Waals surface area contributed by atoms with Crippen molar-refractivity contribution in [1.29, 1.82) is 0 Å². The number of nitrogens with zero attached hydrogens (tertiary/aromatic N) is 1. The number of amides is 1. The smallest absolute Gasteiger partial charge is 0.277 e. The van der Waals surface area contributed by atoms with Crippen LogP contribution in [0.3, 0.4) is 0 Å². The van der Waals surface area contributed by atoms with Crippen molar-refractivity contribution in [3.63, 3.8) is 0 Å². The fourth-order valence-electron chi connectivity index (χ4n) is 2.62. The molecule has 0 bridgehead atoms. The monoisotopic (exact) mass is 420 g/mol. The lowest BCUT2D eigenvalue weighted by atomic mass is 10.2. The minimum atomic E-state index is -0.399. The van der Waals surface area contributed by atoms with Crippen molar-refractivity contribution in [3.8, 4) is 23.0 Å². The largest absolute Gasteiger partial charge is 0.504 e. The highest BCUT2D eigenvalue weighted by Gasteiger charge is 2.04. The van der Waals surface area contributed by atoms with Gasteiger partial charge in [0.2, 0.25) is 0 Å². The summed E-state index contributed by atoms with van der Waals surface area (Å²) in [6, 6.07) is 21.7. The molecule has 0 spiro atoms. The van der Waals surface area contributed by atoms with Crippen LogP contribution < -0.4 is 19.6 Å². The van der Waals surface area contributed by atoms with Gasteiger partial charge in [-0.2, -0.15) is 5.10 Å². The highest BCUT2D eigenvalue weighted by Crippen LogP contribution is 2.26. The molecule has 7 heteroatoms. The lowest BCUT2D eigenvalue weighted by molar-refractivity contribution is -0.123. The second-order valence-electron chi connectivity index (χ2n) is 6.49. The molecule has 31 heavy (non-hydrogen) atoms. The lowest BCUT2D eigenvalue weighted by Gasteiger charge is -2.08. The molecule has 0 saturated heterocycles. The van der Waals surface area contributed by atoms with E-state index in [1.807, 2.05) is 37.3 Å². The summed E-state index contributed by atoms with van der Waals surface area (Å²) in [5.74, 6) is 1.27. The molecule has 0 aliphatic carbocycles. The van der Waals surface area contributed by atoms with Gasteiger partial charge in [-0.1, -0.05) is 30.3 Å². The standard InChI is InChI=1S/C24H24N2O5/c1-2-29-23-14-19(8-13-22(23)27)15-25-26-24(28)17-31-21-11-9-20(10-12-21)30-16-18-6-4-3-5-7-18/h3-15,27H,2,16-17H2,1H3,(H,26,28)/b25-15-. The SMILES string of the molecule is CCOc1cc(/C=N\NC(=O)COc2ccc(OCc3ccccc3)cc2)ccc1O. The zero-order chi connectivity index (χ0) is 21.9. The molecule has 3 aromatic rings. The Balaban J connectivity index is 1.42. The van der Waals surface area contributed by atoms with Crippen molar-refractivity contribution in [2.24, 2.45) is 5.10 Å². The van der Waals surface area contributed by atoms with Crippen LogP contribution in [0.4, 0.5) is 0 Å². The Hall–Kier alpha value is -4.00. The minimum Gasteiger partial charge on any atom is -0.504 e. The first-order valence-corrected chi connectivity index (χ1v) is 9.81. The van der Waals surface area contributed by atoms with Gasteiger partial charge in [0.15, 0.2) is 18.1 Å². The summed E-state index contributed by atoms with van der Waals surface area (Å²) in [6.07, 6.45) is 1.46. The molecule has 0 unspecified atom stereocenters. The van der Waals surface area contributed by atoms with Crippen molar-refractivity contribution in [3.05, 3.63) is 83.9 Å². The van der Waals surface area contributed by atoms with Crippen LogP contribution in [0.25, 0.3) is 0 Å². The van der Waals surface area contributed by atoms with Gasteiger partial charge in [-0.05, 0) is 60.5 Å². The third-order valence-electron chi connectivity index (χ3n) is 4.13. The Morgan fingerprint density at radius 2 is 1.68 bits per heavy atom. The molecular weight excluding hydrogens is 396 g/mol. The number of carbonyl (C=O) groups is 1. The number of aromatic hydroxyl groups is 1. The average Bonchev–Trinajstić information content (AvgIpc) is 2.80. The molecule has 0 radical (unpaired) electrons. The summed E-state index contributed by atoms with van der Waals surface area (Å²) in [4.78, 5) is 11.9. The number of hydrazone groups is 1. The molecule has 7 nitrogen and oxygen atoms in total. The third-order valence-corrected chi connectivity index (χ3v) is 4.13. The number of hydrogen-bond donors (Lipinski definition) is 2. The lowest BCUT2D eigenvalue weighted by Crippen LogP contribution is -2.24. The van der Waals surface area contributed by atoms with E-state index in [9.17, 15) is 9.90 Å². The van der Waals surface area contributed by atoms with E-state index in [0.717, 1.165) is 5.56 Å². The summed E-state index contributed by atoms with van der Waals surface area (Å²) < 4.78 is 16.5. The predicted octanol–water partition coefficient (Wildman–Crippen LogP) is 3.90. The van der Waals surface area contributed by atoms with Gasteiger partial charge in [0.25, 0.3) is 5.91 Å². The first kappa shape index (κ1) is 21.7. The number of phenols is 1. The molecule has 0 aliphatic heterocycles. The molecule has 2 N–H and O–H groups in total. The Morgan fingerprint density at radius 1 is 0.968 bits per heavy atom. The number of nitrogens with one attached hydrogen (secondary N) is 1. The van der Waals surface area contributed by atoms with Crippen LogP contribution in [0.5, 0.6) is 23.0 Å². The van der Waals surface area contributed by atoms with Gasteiger partial charge in [-0.3, -0.25) is 4.79 Å². The van der Waals surface area contributed by atoms with E-state index in [0.29, 0.717) is 36.0 Å². The number of phenolic OH excluding ortho intramolecular Hbond substituents is 1. The molecule has 3 aromatic carbocycles. The molecule has 0 heterocycles. The maximum atomic E-state index is 11.9. The normalized spacial score (nSPS) is 10.6. The van der Waals surface area contributed by atoms with E-state index >= 15 is 0 Å². The van der Waals surface area contributed by atoms with Crippen molar-refractivity contribution >= 4 is 12.1 Å². The van der Waals surface area contributed by atoms with E-state index in [2.05, 4.69) is 10.5 Å². The van der Waals surface area contributed by atoms with Crippen molar-refractivity contribution in [2.45, 2.75) is 13.5 Å².